The molecule has 14 heavy (non-hydrogen) atoms. The molecule has 78 valence electrons. The topological polar surface area (TPSA) is 36.4 Å². The van der Waals surface area contributed by atoms with Crippen LogP contribution in [0.3, 0.4) is 0 Å². The first-order valence-electron chi connectivity index (χ1n) is 5.04. The Balaban J connectivity index is 1.92. The summed E-state index contributed by atoms with van der Waals surface area (Å²) in [6, 6.07) is 0.332. The molecule has 1 aliphatic carbocycles. The first kappa shape index (κ1) is 10.1. The Hall–Kier alpha value is -0.450. The minimum atomic E-state index is -0.139. The Bertz CT molecular complexity index is 276. The second-order valence-corrected chi connectivity index (χ2v) is 4.89. The smallest absolute Gasteiger partial charge is 0.107 e. The second-order valence-electron chi connectivity index (χ2n) is 3.91. The predicted molar refractivity (Wildman–Crippen MR) is 57.2 cm³/mol. The molecule has 1 N–H and O–H groups in total. The number of rotatable bonds is 3. The number of nitrogens with zero attached hydrogens (tertiary/aromatic N) is 2. The van der Waals surface area contributed by atoms with Gasteiger partial charge in [-0.15, -0.1) is 11.3 Å². The van der Waals surface area contributed by atoms with E-state index in [2.05, 4.69) is 16.9 Å². The molecule has 0 bridgehead atoms. The molecule has 1 heterocycles. The number of thiazole rings is 1. The molecule has 2 unspecified atom stereocenters. The Morgan fingerprint density at radius 2 is 2.50 bits per heavy atom. The van der Waals surface area contributed by atoms with Crippen molar-refractivity contribution >= 4 is 11.3 Å². The zero-order valence-electron chi connectivity index (χ0n) is 8.39. The summed E-state index contributed by atoms with van der Waals surface area (Å²) in [4.78, 5) is 6.47. The van der Waals surface area contributed by atoms with Crippen molar-refractivity contribution in [1.82, 2.24) is 9.88 Å². The molecular formula is C10H16N2OS. The average Bonchev–Trinajstić information content (AvgIpc) is 2.75. The van der Waals surface area contributed by atoms with E-state index in [0.29, 0.717) is 6.04 Å². The van der Waals surface area contributed by atoms with Crippen molar-refractivity contribution in [2.75, 3.05) is 7.05 Å². The van der Waals surface area contributed by atoms with Gasteiger partial charge in [-0.3, -0.25) is 4.90 Å². The highest BCUT2D eigenvalue weighted by molar-refractivity contribution is 7.09. The molecule has 0 spiro atoms. The lowest BCUT2D eigenvalue weighted by Gasteiger charge is -2.25. The summed E-state index contributed by atoms with van der Waals surface area (Å²) in [6.45, 7) is 0.861. The van der Waals surface area contributed by atoms with Gasteiger partial charge < -0.3 is 5.11 Å². The number of hydrogen-bond acceptors (Lipinski definition) is 4. The number of aliphatic hydroxyl groups excluding tert-OH is 1. The maximum absolute atomic E-state index is 9.73. The van der Waals surface area contributed by atoms with Gasteiger partial charge in [0.15, 0.2) is 0 Å². The van der Waals surface area contributed by atoms with Crippen LogP contribution < -0.4 is 0 Å². The maximum atomic E-state index is 9.73. The molecule has 1 aliphatic rings. The van der Waals surface area contributed by atoms with Gasteiger partial charge in [0.05, 0.1) is 12.6 Å². The van der Waals surface area contributed by atoms with Crippen molar-refractivity contribution in [3.05, 3.63) is 16.6 Å². The second kappa shape index (κ2) is 4.38. The highest BCUT2D eigenvalue weighted by Gasteiger charge is 2.28. The number of aliphatic hydroxyl groups is 1. The third kappa shape index (κ3) is 2.13. The fourth-order valence-electron chi connectivity index (χ4n) is 2.10. The van der Waals surface area contributed by atoms with Crippen molar-refractivity contribution in [3.63, 3.8) is 0 Å². The van der Waals surface area contributed by atoms with E-state index in [4.69, 9.17) is 0 Å². The standard InChI is InChI=1S/C10H16N2OS/c1-12(7-10-11-5-6-14-10)8-3-2-4-9(8)13/h5-6,8-9,13H,2-4,7H2,1H3. The van der Waals surface area contributed by atoms with Gasteiger partial charge in [-0.25, -0.2) is 4.98 Å². The van der Waals surface area contributed by atoms with Crippen LogP contribution in [0.1, 0.15) is 24.3 Å². The summed E-state index contributed by atoms with van der Waals surface area (Å²) >= 11 is 1.68. The highest BCUT2D eigenvalue weighted by Crippen LogP contribution is 2.24. The Kier molecular flexibility index (Phi) is 3.15. The number of hydrogen-bond donors (Lipinski definition) is 1. The van der Waals surface area contributed by atoms with Gasteiger partial charge in [-0.1, -0.05) is 0 Å². The van der Waals surface area contributed by atoms with Crippen LogP contribution in [0.25, 0.3) is 0 Å². The van der Waals surface area contributed by atoms with Crippen molar-refractivity contribution in [2.45, 2.75) is 38.0 Å². The fraction of sp³-hybridized carbons (Fsp3) is 0.700. The third-order valence-electron chi connectivity index (χ3n) is 2.88. The third-order valence-corrected chi connectivity index (χ3v) is 3.64. The van der Waals surface area contributed by atoms with Crippen LogP contribution in [0.4, 0.5) is 0 Å². The average molecular weight is 212 g/mol. The van der Waals surface area contributed by atoms with Gasteiger partial charge in [0.1, 0.15) is 5.01 Å². The van der Waals surface area contributed by atoms with E-state index < -0.39 is 0 Å². The predicted octanol–water partition coefficient (Wildman–Crippen LogP) is 1.49. The first-order valence-corrected chi connectivity index (χ1v) is 5.92. The summed E-state index contributed by atoms with van der Waals surface area (Å²) in [5.41, 5.74) is 0. The van der Waals surface area contributed by atoms with Crippen LogP contribution in [-0.4, -0.2) is 34.2 Å². The van der Waals surface area contributed by atoms with E-state index >= 15 is 0 Å². The first-order chi connectivity index (χ1) is 6.77. The summed E-state index contributed by atoms with van der Waals surface area (Å²) in [5.74, 6) is 0. The lowest BCUT2D eigenvalue weighted by Crippen LogP contribution is -2.36. The van der Waals surface area contributed by atoms with Crippen LogP contribution >= 0.6 is 11.3 Å². The van der Waals surface area contributed by atoms with Crippen LogP contribution in [0.2, 0.25) is 0 Å². The van der Waals surface area contributed by atoms with Gasteiger partial charge in [-0.2, -0.15) is 0 Å². The van der Waals surface area contributed by atoms with Gasteiger partial charge in [0, 0.05) is 17.6 Å². The molecule has 4 heteroatoms. The van der Waals surface area contributed by atoms with Crippen molar-refractivity contribution in [1.29, 1.82) is 0 Å². The van der Waals surface area contributed by atoms with E-state index in [0.717, 1.165) is 30.8 Å². The highest BCUT2D eigenvalue weighted by atomic mass is 32.1. The lowest BCUT2D eigenvalue weighted by atomic mass is 10.2. The molecule has 0 saturated heterocycles. The van der Waals surface area contributed by atoms with Crippen molar-refractivity contribution < 1.29 is 5.11 Å². The lowest BCUT2D eigenvalue weighted by molar-refractivity contribution is 0.0824. The van der Waals surface area contributed by atoms with Crippen LogP contribution in [0, 0.1) is 0 Å². The van der Waals surface area contributed by atoms with Crippen molar-refractivity contribution in [2.24, 2.45) is 0 Å². The molecule has 1 aromatic heterocycles. The zero-order chi connectivity index (χ0) is 9.97. The summed E-state index contributed by atoms with van der Waals surface area (Å²) in [6.07, 6.45) is 4.91. The zero-order valence-corrected chi connectivity index (χ0v) is 9.20. The summed E-state index contributed by atoms with van der Waals surface area (Å²) < 4.78 is 0. The summed E-state index contributed by atoms with van der Waals surface area (Å²) in [7, 11) is 2.07. The van der Waals surface area contributed by atoms with Crippen molar-refractivity contribution in [3.8, 4) is 0 Å². The molecule has 0 aromatic carbocycles. The van der Waals surface area contributed by atoms with Crippen LogP contribution in [-0.2, 0) is 6.54 Å². The molecule has 2 atom stereocenters. The minimum absolute atomic E-state index is 0.139. The van der Waals surface area contributed by atoms with Gasteiger partial charge in [0.2, 0.25) is 0 Å². The number of aromatic nitrogens is 1. The monoisotopic (exact) mass is 212 g/mol. The van der Waals surface area contributed by atoms with Gasteiger partial charge in [0.25, 0.3) is 0 Å². The van der Waals surface area contributed by atoms with Crippen LogP contribution in [0.5, 0.6) is 0 Å². The quantitative estimate of drug-likeness (QED) is 0.824. The molecule has 1 fully saturated rings. The fourth-order valence-corrected chi connectivity index (χ4v) is 2.78. The molecule has 0 amide bonds. The van der Waals surface area contributed by atoms with Gasteiger partial charge >= 0.3 is 0 Å². The van der Waals surface area contributed by atoms with E-state index in [-0.39, 0.29) is 6.10 Å². The molecule has 1 saturated carbocycles. The Labute approximate surface area is 88.4 Å². The molecule has 1 aromatic rings. The molecule has 0 aliphatic heterocycles. The molecular weight excluding hydrogens is 196 g/mol. The largest absolute Gasteiger partial charge is 0.391 e. The van der Waals surface area contributed by atoms with E-state index in [1.165, 1.54) is 0 Å². The van der Waals surface area contributed by atoms with E-state index in [1.54, 1.807) is 11.3 Å². The Morgan fingerprint density at radius 3 is 3.07 bits per heavy atom. The maximum Gasteiger partial charge on any atom is 0.107 e. The number of likely N-dealkylation sites (N-methyl/N-ethyl adjacent to an activating group) is 1. The van der Waals surface area contributed by atoms with E-state index in [9.17, 15) is 5.11 Å². The molecule has 3 nitrogen and oxygen atoms in total. The summed E-state index contributed by atoms with van der Waals surface area (Å²) in [5, 5.41) is 12.9. The SMILES string of the molecule is CN(Cc1nccs1)C1CCCC1O. The van der Waals surface area contributed by atoms with Crippen LogP contribution in [0.15, 0.2) is 11.6 Å². The molecule has 2 rings (SSSR count). The van der Waals surface area contributed by atoms with E-state index in [1.807, 2.05) is 11.6 Å². The normalized spacial score (nSPS) is 27.4. The molecule has 0 radical (unpaired) electrons. The Morgan fingerprint density at radius 1 is 1.64 bits per heavy atom. The minimum Gasteiger partial charge on any atom is -0.391 e. The van der Waals surface area contributed by atoms with Gasteiger partial charge in [-0.05, 0) is 26.3 Å².